The van der Waals surface area contributed by atoms with Crippen LogP contribution in [0.4, 0.5) is 8.78 Å². The van der Waals surface area contributed by atoms with Crippen molar-refractivity contribution < 1.29 is 45.5 Å². The van der Waals surface area contributed by atoms with Crippen LogP contribution in [0.1, 0.15) is 19.8 Å². The lowest BCUT2D eigenvalue weighted by molar-refractivity contribution is -0.777. The summed E-state index contributed by atoms with van der Waals surface area (Å²) in [6, 6.07) is 0. The predicted molar refractivity (Wildman–Crippen MR) is 63.0 cm³/mol. The molecule has 1 saturated heterocycles. The third kappa shape index (κ3) is 2.24. The van der Waals surface area contributed by atoms with Gasteiger partial charge in [0.15, 0.2) is 0 Å². The largest absolute Gasteiger partial charge is 0.691 e. The zero-order valence-electron chi connectivity index (χ0n) is 11.1. The molecule has 3 rings (SSSR count). The van der Waals surface area contributed by atoms with E-state index in [0.717, 1.165) is 0 Å². The molecule has 126 valence electrons. The molecule has 1 heterocycles. The summed E-state index contributed by atoms with van der Waals surface area (Å²) in [4.78, 5) is 11.5. The summed E-state index contributed by atoms with van der Waals surface area (Å²) in [5.74, 6) is -2.70. The van der Waals surface area contributed by atoms with Gasteiger partial charge in [0.2, 0.25) is 0 Å². The first kappa shape index (κ1) is 16.3. The maximum atomic E-state index is 13.4. The minimum atomic E-state index is -4.17. The first-order valence-corrected chi connectivity index (χ1v) is 8.51. The van der Waals surface area contributed by atoms with Crippen molar-refractivity contribution >= 4 is 28.1 Å². The van der Waals surface area contributed by atoms with Gasteiger partial charge in [-0.05, 0) is 19.8 Å². The number of alkyl halides is 2. The molecule has 2 aliphatic carbocycles. The van der Waals surface area contributed by atoms with E-state index in [9.17, 15) is 27.3 Å². The molecule has 2 saturated carbocycles. The van der Waals surface area contributed by atoms with Crippen molar-refractivity contribution in [2.45, 2.75) is 42.0 Å². The molecule has 0 spiro atoms. The van der Waals surface area contributed by atoms with Crippen LogP contribution in [0, 0.1) is 11.8 Å². The van der Waals surface area contributed by atoms with Gasteiger partial charge in [-0.1, -0.05) is 0 Å². The van der Waals surface area contributed by atoms with E-state index in [0.29, 0.717) is 6.42 Å². The topological polar surface area (TPSA) is 111 Å². The molecular formula is C10H11F2O8S2-. The van der Waals surface area contributed by atoms with E-state index >= 15 is 0 Å². The summed E-state index contributed by atoms with van der Waals surface area (Å²) in [6.45, 7) is 1.44. The third-order valence-electron chi connectivity index (χ3n) is 4.57. The maximum Gasteiger partial charge on any atom is 0.415 e. The van der Waals surface area contributed by atoms with E-state index in [-0.39, 0.29) is 18.3 Å². The minimum Gasteiger partial charge on any atom is -0.691 e. The van der Waals surface area contributed by atoms with Crippen molar-refractivity contribution in [2.75, 3.05) is 0 Å². The Kier molecular flexibility index (Phi) is 3.70. The molecule has 0 radical (unpaired) electrons. The van der Waals surface area contributed by atoms with Crippen LogP contribution in [0.2, 0.25) is 0 Å². The number of hydrogen-bond acceptors (Lipinski definition) is 9. The van der Waals surface area contributed by atoms with Crippen LogP contribution in [0.25, 0.3) is 0 Å². The standard InChI is InChI=1S/C10H12F2O8S2/c1-9-5-2-4(3-6(5)22(15,16)18-9)7(9)17-8(13)10(11,12)21-20-19-14/h4-7,14H,2-3H2,1H3/p-1. The number of hydrogen-bond donors (Lipinski definition) is 0. The molecule has 3 aliphatic rings. The Balaban J connectivity index is 1.76. The monoisotopic (exact) mass is 361 g/mol. The Hall–Kier alpha value is -0.530. The average molecular weight is 361 g/mol. The van der Waals surface area contributed by atoms with Gasteiger partial charge in [-0.25, -0.2) is 4.79 Å². The van der Waals surface area contributed by atoms with Crippen molar-refractivity contribution in [2.24, 2.45) is 11.8 Å². The number of rotatable bonds is 5. The van der Waals surface area contributed by atoms with Crippen molar-refractivity contribution in [1.29, 1.82) is 0 Å². The van der Waals surface area contributed by atoms with Crippen molar-refractivity contribution in [3.05, 3.63) is 0 Å². The molecule has 0 aromatic heterocycles. The highest BCUT2D eigenvalue weighted by Crippen LogP contribution is 2.61. The second-order valence-corrected chi connectivity index (χ2v) is 8.27. The molecule has 0 aromatic carbocycles. The summed E-state index contributed by atoms with van der Waals surface area (Å²) in [5.41, 5.74) is -1.33. The lowest BCUT2D eigenvalue weighted by atomic mass is 9.83. The number of carbonyl (C=O) groups is 1. The number of carbonyl (C=O) groups excluding carboxylic acids is 1. The van der Waals surface area contributed by atoms with Gasteiger partial charge in [-0.15, -0.1) is 0 Å². The van der Waals surface area contributed by atoms with Gasteiger partial charge in [0.25, 0.3) is 10.1 Å². The Morgan fingerprint density at radius 1 is 1.45 bits per heavy atom. The van der Waals surface area contributed by atoms with Gasteiger partial charge in [0, 0.05) is 11.8 Å². The lowest BCUT2D eigenvalue weighted by Gasteiger charge is -2.34. The van der Waals surface area contributed by atoms with Gasteiger partial charge >= 0.3 is 11.2 Å². The molecule has 2 bridgehead atoms. The molecule has 5 atom stereocenters. The van der Waals surface area contributed by atoms with E-state index in [2.05, 4.69) is 9.37 Å². The first-order chi connectivity index (χ1) is 10.1. The minimum absolute atomic E-state index is 0.208. The van der Waals surface area contributed by atoms with Gasteiger partial charge in [-0.3, -0.25) is 9.22 Å². The molecule has 5 unspecified atom stereocenters. The van der Waals surface area contributed by atoms with Crippen LogP contribution >= 0.6 is 12.0 Å². The third-order valence-corrected chi connectivity index (χ3v) is 6.93. The predicted octanol–water partition coefficient (Wildman–Crippen LogP) is -0.110. The van der Waals surface area contributed by atoms with Crippen molar-refractivity contribution in [1.82, 2.24) is 0 Å². The molecule has 22 heavy (non-hydrogen) atoms. The van der Waals surface area contributed by atoms with Gasteiger partial charge in [0.1, 0.15) is 23.7 Å². The first-order valence-electron chi connectivity index (χ1n) is 6.29. The van der Waals surface area contributed by atoms with Crippen LogP contribution in [-0.2, 0) is 33.2 Å². The van der Waals surface area contributed by atoms with Crippen LogP contribution in [0.3, 0.4) is 0 Å². The molecule has 8 nitrogen and oxygen atoms in total. The van der Waals surface area contributed by atoms with E-state index in [4.69, 9.17) is 8.92 Å². The highest BCUT2D eigenvalue weighted by atomic mass is 32.2. The zero-order valence-corrected chi connectivity index (χ0v) is 12.7. The second-order valence-electron chi connectivity index (χ2n) is 5.70. The number of ether oxygens (including phenoxy) is 1. The average Bonchev–Trinajstić information content (AvgIpc) is 2.99. The molecule has 0 amide bonds. The van der Waals surface area contributed by atoms with Crippen LogP contribution in [-0.4, -0.2) is 36.6 Å². The van der Waals surface area contributed by atoms with Crippen molar-refractivity contribution in [3.63, 3.8) is 0 Å². The molecule has 12 heteroatoms. The SMILES string of the molecule is CC12OS(=O)(=O)C3CC(CC31)C2OC(=O)C(F)(F)SOO[O-]. The Labute approximate surface area is 128 Å². The summed E-state index contributed by atoms with van der Waals surface area (Å²) in [7, 11) is -3.78. The Morgan fingerprint density at radius 2 is 2.14 bits per heavy atom. The normalized spacial score (nSPS) is 41.8. The number of esters is 1. The summed E-state index contributed by atoms with van der Waals surface area (Å²) in [5, 5.41) is 7.48. The molecular weight excluding hydrogens is 350 g/mol. The highest BCUT2D eigenvalue weighted by Gasteiger charge is 2.72. The van der Waals surface area contributed by atoms with Crippen LogP contribution < -0.4 is 5.26 Å². The number of fused-ring (bicyclic) bond motifs is 1. The molecule has 0 N–H and O–H groups in total. The summed E-state index contributed by atoms with van der Waals surface area (Å²) in [6.07, 6.45) is -0.463. The smallest absolute Gasteiger partial charge is 0.415 e. The maximum absolute atomic E-state index is 13.4. The van der Waals surface area contributed by atoms with E-state index in [1.165, 1.54) is 6.92 Å². The zero-order chi connectivity index (χ0) is 16.3. The van der Waals surface area contributed by atoms with E-state index in [1.807, 2.05) is 0 Å². The Bertz CT molecular complexity index is 596. The lowest BCUT2D eigenvalue weighted by Crippen LogP contribution is -2.48. The van der Waals surface area contributed by atoms with E-state index in [1.54, 1.807) is 0 Å². The van der Waals surface area contributed by atoms with Crippen molar-refractivity contribution in [3.8, 4) is 0 Å². The van der Waals surface area contributed by atoms with Crippen LogP contribution in [0.5, 0.6) is 0 Å². The fourth-order valence-corrected chi connectivity index (χ4v) is 6.13. The summed E-state index contributed by atoms with van der Waals surface area (Å²) < 4.78 is 63.8. The Morgan fingerprint density at radius 3 is 2.77 bits per heavy atom. The fraction of sp³-hybridized carbons (Fsp3) is 0.900. The van der Waals surface area contributed by atoms with E-state index < -0.39 is 50.3 Å². The van der Waals surface area contributed by atoms with Gasteiger partial charge in [0.05, 0.1) is 5.25 Å². The fourth-order valence-electron chi connectivity index (χ4n) is 3.79. The quantitative estimate of drug-likeness (QED) is 0.218. The second kappa shape index (κ2) is 4.98. The molecule has 3 fully saturated rings. The highest BCUT2D eigenvalue weighted by molar-refractivity contribution is 7.96. The molecule has 1 aliphatic heterocycles. The van der Waals surface area contributed by atoms with Gasteiger partial charge in [-0.2, -0.15) is 21.5 Å². The summed E-state index contributed by atoms with van der Waals surface area (Å²) >= 11 is -0.793. The van der Waals surface area contributed by atoms with Gasteiger partial charge < -0.3 is 9.99 Å². The number of halogens is 2. The van der Waals surface area contributed by atoms with Crippen LogP contribution in [0.15, 0.2) is 0 Å². The molecule has 0 aromatic rings.